The topological polar surface area (TPSA) is 67.2 Å². The van der Waals surface area contributed by atoms with Gasteiger partial charge >= 0.3 is 0 Å². The summed E-state index contributed by atoms with van der Waals surface area (Å²) in [6, 6.07) is 7.36. The van der Waals surface area contributed by atoms with E-state index in [9.17, 15) is 9.59 Å². The van der Waals surface area contributed by atoms with Gasteiger partial charge in [-0.05, 0) is 18.9 Å². The number of benzene rings is 1. The van der Waals surface area contributed by atoms with Gasteiger partial charge in [0, 0.05) is 37.6 Å². The maximum absolute atomic E-state index is 13.1. The Hall–Kier alpha value is -1.92. The third kappa shape index (κ3) is 3.85. The molecule has 6 nitrogen and oxygen atoms in total. The fourth-order valence-electron chi connectivity index (χ4n) is 3.14. The van der Waals surface area contributed by atoms with Gasteiger partial charge in [-0.3, -0.25) is 9.59 Å². The molecule has 1 amide bonds. The Morgan fingerprint density at radius 1 is 1.32 bits per heavy atom. The van der Waals surface area contributed by atoms with Gasteiger partial charge in [0.2, 0.25) is 0 Å². The van der Waals surface area contributed by atoms with Crippen molar-refractivity contribution >= 4 is 29.1 Å². The van der Waals surface area contributed by atoms with Crippen LogP contribution in [0.2, 0.25) is 0 Å². The van der Waals surface area contributed by atoms with E-state index in [2.05, 4.69) is 10.4 Å². The summed E-state index contributed by atoms with van der Waals surface area (Å²) in [6.07, 6.45) is 0. The van der Waals surface area contributed by atoms with Crippen molar-refractivity contribution in [1.82, 2.24) is 20.0 Å². The molecule has 3 rings (SSSR count). The summed E-state index contributed by atoms with van der Waals surface area (Å²) in [5, 5.41) is 8.92. The van der Waals surface area contributed by atoms with Gasteiger partial charge in [-0.15, -0.1) is 12.4 Å². The maximum atomic E-state index is 13.1. The molecular weight excluding hydrogens is 340 g/mol. The van der Waals surface area contributed by atoms with Crippen molar-refractivity contribution < 1.29 is 4.79 Å². The number of amides is 1. The maximum Gasteiger partial charge on any atom is 0.275 e. The van der Waals surface area contributed by atoms with Crippen molar-refractivity contribution in [3.63, 3.8) is 0 Å². The smallest absolute Gasteiger partial charge is 0.275 e. The van der Waals surface area contributed by atoms with Crippen molar-refractivity contribution in [2.75, 3.05) is 19.6 Å². The molecule has 1 aromatic heterocycles. The summed E-state index contributed by atoms with van der Waals surface area (Å²) in [6.45, 7) is 8.79. The zero-order chi connectivity index (χ0) is 17.3. The molecule has 1 aromatic carbocycles. The molecule has 0 radical (unpaired) electrons. The van der Waals surface area contributed by atoms with Crippen LogP contribution in [-0.2, 0) is 6.54 Å². The van der Waals surface area contributed by atoms with E-state index in [4.69, 9.17) is 0 Å². The molecule has 7 heteroatoms. The fourth-order valence-corrected chi connectivity index (χ4v) is 3.14. The minimum absolute atomic E-state index is 0. The molecule has 0 aliphatic carbocycles. The lowest BCUT2D eigenvalue weighted by Gasteiger charge is -2.34. The summed E-state index contributed by atoms with van der Waals surface area (Å²) in [5.74, 6) is 0.176. The van der Waals surface area contributed by atoms with Crippen molar-refractivity contribution in [3.05, 3.63) is 40.3 Å². The highest BCUT2D eigenvalue weighted by molar-refractivity contribution is 6.04. The molecule has 1 fully saturated rings. The van der Waals surface area contributed by atoms with E-state index in [1.54, 1.807) is 6.07 Å². The lowest BCUT2D eigenvalue weighted by Crippen LogP contribution is -2.52. The largest absolute Gasteiger partial charge is 0.332 e. The second-order valence-electron chi connectivity index (χ2n) is 6.83. The molecule has 0 saturated carbocycles. The van der Waals surface area contributed by atoms with Gasteiger partial charge in [0.15, 0.2) is 5.69 Å². The number of piperazine rings is 1. The molecule has 2 heterocycles. The first-order valence-corrected chi connectivity index (χ1v) is 8.50. The Morgan fingerprint density at radius 3 is 2.64 bits per heavy atom. The minimum Gasteiger partial charge on any atom is -0.332 e. The third-order valence-electron chi connectivity index (χ3n) is 4.37. The number of aromatic nitrogens is 2. The number of nitrogens with one attached hydrogen (secondary N) is 1. The summed E-state index contributed by atoms with van der Waals surface area (Å²) in [7, 11) is 0. The zero-order valence-corrected chi connectivity index (χ0v) is 15.7. The lowest BCUT2D eigenvalue weighted by atomic mass is 10.1. The summed E-state index contributed by atoms with van der Waals surface area (Å²) in [5.41, 5.74) is 0.240. The van der Waals surface area contributed by atoms with E-state index in [0.717, 1.165) is 13.1 Å². The quantitative estimate of drug-likeness (QED) is 0.903. The van der Waals surface area contributed by atoms with Gasteiger partial charge in [-0.25, -0.2) is 4.68 Å². The number of carbonyl (C=O) groups is 1. The number of nitrogens with zero attached hydrogens (tertiary/aromatic N) is 3. The first-order chi connectivity index (χ1) is 11.5. The highest BCUT2D eigenvalue weighted by Gasteiger charge is 2.27. The van der Waals surface area contributed by atoms with E-state index in [1.165, 1.54) is 4.68 Å². The van der Waals surface area contributed by atoms with E-state index in [-0.39, 0.29) is 35.8 Å². The number of hydrogen-bond acceptors (Lipinski definition) is 4. The SMILES string of the molecule is CC(C)Cn1nc(C(=O)N2CCNC[C@@H]2C)c2ccccc2c1=O.Cl. The molecule has 1 aliphatic rings. The van der Waals surface area contributed by atoms with Crippen molar-refractivity contribution in [2.24, 2.45) is 5.92 Å². The van der Waals surface area contributed by atoms with Crippen LogP contribution in [0.1, 0.15) is 31.3 Å². The van der Waals surface area contributed by atoms with Crippen LogP contribution < -0.4 is 10.9 Å². The number of fused-ring (bicyclic) bond motifs is 1. The molecule has 0 spiro atoms. The summed E-state index contributed by atoms with van der Waals surface area (Å²) in [4.78, 5) is 27.6. The van der Waals surface area contributed by atoms with E-state index >= 15 is 0 Å². The highest BCUT2D eigenvalue weighted by Crippen LogP contribution is 2.17. The van der Waals surface area contributed by atoms with Crippen LogP contribution in [0.25, 0.3) is 10.8 Å². The summed E-state index contributed by atoms with van der Waals surface area (Å²) < 4.78 is 1.44. The predicted molar refractivity (Wildman–Crippen MR) is 101 cm³/mol. The zero-order valence-electron chi connectivity index (χ0n) is 14.9. The Labute approximate surface area is 153 Å². The standard InChI is InChI=1S/C18H24N4O2.ClH/c1-12(2)11-22-17(23)15-7-5-4-6-14(15)16(20-22)18(24)21-9-8-19-10-13(21)3;/h4-7,12-13,19H,8-11H2,1-3H3;1H/t13-;/m0./s1. The van der Waals surface area contributed by atoms with Crippen LogP contribution in [0, 0.1) is 5.92 Å². The van der Waals surface area contributed by atoms with Crippen LogP contribution in [0.15, 0.2) is 29.1 Å². The van der Waals surface area contributed by atoms with Crippen LogP contribution in [0.3, 0.4) is 0 Å². The first kappa shape index (κ1) is 19.4. The molecule has 1 N–H and O–H groups in total. The lowest BCUT2D eigenvalue weighted by molar-refractivity contribution is 0.0649. The van der Waals surface area contributed by atoms with Crippen LogP contribution in [0.4, 0.5) is 0 Å². The molecule has 0 bridgehead atoms. The molecule has 1 aliphatic heterocycles. The fraction of sp³-hybridized carbons (Fsp3) is 0.500. The van der Waals surface area contributed by atoms with Gasteiger partial charge < -0.3 is 10.2 Å². The first-order valence-electron chi connectivity index (χ1n) is 8.50. The van der Waals surface area contributed by atoms with Gasteiger partial charge in [-0.2, -0.15) is 5.10 Å². The van der Waals surface area contributed by atoms with Crippen molar-refractivity contribution in [2.45, 2.75) is 33.4 Å². The second kappa shape index (κ2) is 7.97. The van der Waals surface area contributed by atoms with E-state index in [0.29, 0.717) is 29.6 Å². The van der Waals surface area contributed by atoms with Crippen LogP contribution >= 0.6 is 12.4 Å². The van der Waals surface area contributed by atoms with Gasteiger partial charge in [-0.1, -0.05) is 32.0 Å². The van der Waals surface area contributed by atoms with Crippen molar-refractivity contribution in [3.8, 4) is 0 Å². The normalized spacial score (nSPS) is 17.6. The molecule has 136 valence electrons. The van der Waals surface area contributed by atoms with Gasteiger partial charge in [0.25, 0.3) is 11.5 Å². The molecular formula is C18H25ClN4O2. The molecule has 1 saturated heterocycles. The van der Waals surface area contributed by atoms with E-state index in [1.807, 2.05) is 43.9 Å². The van der Waals surface area contributed by atoms with Crippen LogP contribution in [0.5, 0.6) is 0 Å². The second-order valence-corrected chi connectivity index (χ2v) is 6.83. The van der Waals surface area contributed by atoms with Crippen LogP contribution in [-0.4, -0.2) is 46.3 Å². The predicted octanol–water partition coefficient (Wildman–Crippen LogP) is 1.91. The Balaban J connectivity index is 0.00000225. The molecule has 25 heavy (non-hydrogen) atoms. The number of halogens is 1. The Kier molecular flexibility index (Phi) is 6.19. The Morgan fingerprint density at radius 2 is 2.00 bits per heavy atom. The van der Waals surface area contributed by atoms with Crippen molar-refractivity contribution in [1.29, 1.82) is 0 Å². The average molecular weight is 365 g/mol. The Bertz CT molecular complexity index is 818. The number of carbonyl (C=O) groups excluding carboxylic acids is 1. The summed E-state index contributed by atoms with van der Waals surface area (Å²) >= 11 is 0. The molecule has 0 unspecified atom stereocenters. The van der Waals surface area contributed by atoms with Gasteiger partial charge in [0.1, 0.15) is 0 Å². The van der Waals surface area contributed by atoms with Gasteiger partial charge in [0.05, 0.1) is 5.39 Å². The number of rotatable bonds is 3. The minimum atomic E-state index is -0.135. The highest BCUT2D eigenvalue weighted by atomic mass is 35.5. The molecule has 1 atom stereocenters. The average Bonchev–Trinajstić information content (AvgIpc) is 2.57. The third-order valence-corrected chi connectivity index (χ3v) is 4.37. The monoisotopic (exact) mass is 364 g/mol. The van der Waals surface area contributed by atoms with E-state index < -0.39 is 0 Å². The molecule has 2 aromatic rings. The number of hydrogen-bond donors (Lipinski definition) is 1.